The van der Waals surface area contributed by atoms with Crippen LogP contribution in [0.4, 0.5) is 0 Å². The number of rotatable bonds is 2. The van der Waals surface area contributed by atoms with Gasteiger partial charge in [-0.2, -0.15) is 0 Å². The van der Waals surface area contributed by atoms with Crippen molar-refractivity contribution in [3.63, 3.8) is 0 Å². The summed E-state index contributed by atoms with van der Waals surface area (Å²) in [7, 11) is 0. The number of nitrogens with two attached hydrogens (primary N) is 1. The van der Waals surface area contributed by atoms with Gasteiger partial charge in [0.1, 0.15) is 0 Å². The number of hydrazine groups is 1. The van der Waals surface area contributed by atoms with Crippen LogP contribution in [0.1, 0.15) is 39.0 Å². The van der Waals surface area contributed by atoms with Crippen molar-refractivity contribution >= 4 is 5.96 Å². The highest BCUT2D eigenvalue weighted by Gasteiger charge is 2.35. The van der Waals surface area contributed by atoms with Gasteiger partial charge in [0, 0.05) is 13.1 Å². The monoisotopic (exact) mass is 240 g/mol. The van der Waals surface area contributed by atoms with E-state index in [1.165, 1.54) is 25.7 Å². The third-order valence-corrected chi connectivity index (χ3v) is 3.62. The van der Waals surface area contributed by atoms with E-state index >= 15 is 0 Å². The minimum Gasteiger partial charge on any atom is -0.374 e. The number of fused-ring (bicyclic) bond motifs is 1. The average molecular weight is 240 g/mol. The van der Waals surface area contributed by atoms with Crippen LogP contribution >= 0.6 is 0 Å². The lowest BCUT2D eigenvalue weighted by Crippen LogP contribution is -2.59. The third-order valence-electron chi connectivity index (χ3n) is 3.62. The molecule has 0 bridgehead atoms. The summed E-state index contributed by atoms with van der Waals surface area (Å²) in [6, 6.07) is 0.462. The van der Waals surface area contributed by atoms with Crippen LogP contribution < -0.4 is 11.3 Å². The van der Waals surface area contributed by atoms with Gasteiger partial charge in [-0.05, 0) is 19.3 Å². The second-order valence-electron chi connectivity index (χ2n) is 4.80. The first-order valence-electron chi connectivity index (χ1n) is 6.76. The molecule has 2 rings (SSSR count). The first-order chi connectivity index (χ1) is 8.36. The molecule has 0 aromatic carbocycles. The Hall–Kier alpha value is -0.810. The average Bonchev–Trinajstić information content (AvgIpc) is 2.40. The van der Waals surface area contributed by atoms with Crippen molar-refractivity contribution < 1.29 is 4.74 Å². The fourth-order valence-electron chi connectivity index (χ4n) is 2.80. The molecule has 17 heavy (non-hydrogen) atoms. The second-order valence-corrected chi connectivity index (χ2v) is 4.80. The number of hydrogen-bond acceptors (Lipinski definition) is 3. The Morgan fingerprint density at radius 2 is 2.29 bits per heavy atom. The molecule has 0 radical (unpaired) electrons. The molecule has 1 aliphatic heterocycles. The molecular weight excluding hydrogens is 216 g/mol. The summed E-state index contributed by atoms with van der Waals surface area (Å²) >= 11 is 0. The largest absolute Gasteiger partial charge is 0.374 e. The molecule has 5 heteroatoms. The van der Waals surface area contributed by atoms with E-state index in [2.05, 4.69) is 22.2 Å². The smallest absolute Gasteiger partial charge is 0.208 e. The van der Waals surface area contributed by atoms with Crippen molar-refractivity contribution in [2.75, 3.05) is 19.7 Å². The lowest BCUT2D eigenvalue weighted by molar-refractivity contribution is -0.0648. The number of ether oxygens (including phenoxy) is 1. The number of morpholine rings is 1. The van der Waals surface area contributed by atoms with Crippen molar-refractivity contribution in [1.29, 1.82) is 0 Å². The number of guanidine groups is 1. The van der Waals surface area contributed by atoms with E-state index in [-0.39, 0.29) is 0 Å². The maximum atomic E-state index is 5.85. The summed E-state index contributed by atoms with van der Waals surface area (Å²) in [5.74, 6) is 6.44. The highest BCUT2D eigenvalue weighted by Crippen LogP contribution is 2.28. The minimum absolute atomic E-state index is 0.373. The molecule has 0 aromatic heterocycles. The van der Waals surface area contributed by atoms with Crippen LogP contribution in [0.2, 0.25) is 0 Å². The molecule has 2 aliphatic rings. The van der Waals surface area contributed by atoms with Crippen LogP contribution in [0, 0.1) is 0 Å². The van der Waals surface area contributed by atoms with Crippen LogP contribution in [0.15, 0.2) is 4.99 Å². The van der Waals surface area contributed by atoms with Crippen molar-refractivity contribution in [1.82, 2.24) is 10.3 Å². The molecule has 5 nitrogen and oxygen atoms in total. The molecule has 2 fully saturated rings. The zero-order valence-corrected chi connectivity index (χ0v) is 10.7. The van der Waals surface area contributed by atoms with Gasteiger partial charge in [-0.3, -0.25) is 10.4 Å². The Morgan fingerprint density at radius 1 is 1.47 bits per heavy atom. The van der Waals surface area contributed by atoms with E-state index in [1.54, 1.807) is 0 Å². The van der Waals surface area contributed by atoms with Gasteiger partial charge < -0.3 is 9.64 Å². The molecule has 1 saturated carbocycles. The molecule has 98 valence electrons. The van der Waals surface area contributed by atoms with Crippen molar-refractivity contribution in [3.8, 4) is 0 Å². The van der Waals surface area contributed by atoms with E-state index in [1.807, 2.05) is 0 Å². The van der Waals surface area contributed by atoms with Crippen LogP contribution in [-0.2, 0) is 4.74 Å². The molecule has 1 saturated heterocycles. The Labute approximate surface area is 103 Å². The Bertz CT molecular complexity index is 267. The minimum atomic E-state index is 0.373. The number of hydrogen-bond donors (Lipinski definition) is 2. The van der Waals surface area contributed by atoms with Crippen molar-refractivity contribution in [3.05, 3.63) is 0 Å². The van der Waals surface area contributed by atoms with Gasteiger partial charge in [0.25, 0.3) is 0 Å². The van der Waals surface area contributed by atoms with Gasteiger partial charge in [-0.1, -0.05) is 19.8 Å². The van der Waals surface area contributed by atoms with E-state index < -0.39 is 0 Å². The highest BCUT2D eigenvalue weighted by molar-refractivity contribution is 5.79. The first-order valence-corrected chi connectivity index (χ1v) is 6.76. The summed E-state index contributed by atoms with van der Waals surface area (Å²) in [5, 5.41) is 0. The molecule has 1 heterocycles. The highest BCUT2D eigenvalue weighted by atomic mass is 16.5. The molecule has 3 N–H and O–H groups in total. The van der Waals surface area contributed by atoms with E-state index in [9.17, 15) is 0 Å². The van der Waals surface area contributed by atoms with E-state index in [0.717, 1.165) is 32.1 Å². The topological polar surface area (TPSA) is 62.9 Å². The zero-order chi connectivity index (χ0) is 12.1. The lowest BCUT2D eigenvalue weighted by atomic mass is 9.90. The fourth-order valence-corrected chi connectivity index (χ4v) is 2.80. The van der Waals surface area contributed by atoms with Gasteiger partial charge in [-0.15, -0.1) is 0 Å². The van der Waals surface area contributed by atoms with Crippen molar-refractivity contribution in [2.24, 2.45) is 10.8 Å². The quantitative estimate of drug-likeness (QED) is 0.325. The predicted octanol–water partition coefficient (Wildman–Crippen LogP) is 0.859. The van der Waals surface area contributed by atoms with E-state index in [0.29, 0.717) is 12.1 Å². The summed E-state index contributed by atoms with van der Waals surface area (Å²) in [6.07, 6.45) is 6.35. The molecule has 0 amide bonds. The molecule has 1 aliphatic carbocycles. The first kappa shape index (κ1) is 12.6. The zero-order valence-electron chi connectivity index (χ0n) is 10.7. The van der Waals surface area contributed by atoms with Gasteiger partial charge in [0.2, 0.25) is 5.96 Å². The van der Waals surface area contributed by atoms with Crippen molar-refractivity contribution in [2.45, 2.75) is 51.2 Å². The van der Waals surface area contributed by atoms with Crippen LogP contribution in [-0.4, -0.2) is 42.7 Å². The SMILES string of the molecule is CCCN=C(NN)N1CCOC2CCCCC21. The normalized spacial score (nSPS) is 30.0. The maximum absolute atomic E-state index is 5.85. The molecule has 2 unspecified atom stereocenters. The summed E-state index contributed by atoms with van der Waals surface area (Å²) < 4.78 is 5.85. The Balaban J connectivity index is 2.06. The van der Waals surface area contributed by atoms with Crippen LogP contribution in [0.3, 0.4) is 0 Å². The molecule has 2 atom stereocenters. The third kappa shape index (κ3) is 2.90. The van der Waals surface area contributed by atoms with E-state index in [4.69, 9.17) is 10.6 Å². The molecular formula is C12H24N4O. The summed E-state index contributed by atoms with van der Waals surface area (Å²) in [5.41, 5.74) is 2.76. The summed E-state index contributed by atoms with van der Waals surface area (Å²) in [6.45, 7) is 4.64. The Kier molecular flexibility index (Phi) is 4.62. The maximum Gasteiger partial charge on any atom is 0.208 e. The number of nitrogens with one attached hydrogen (secondary N) is 1. The van der Waals surface area contributed by atoms with Crippen LogP contribution in [0.5, 0.6) is 0 Å². The second kappa shape index (κ2) is 6.21. The predicted molar refractivity (Wildman–Crippen MR) is 68.6 cm³/mol. The van der Waals surface area contributed by atoms with Crippen LogP contribution in [0.25, 0.3) is 0 Å². The fraction of sp³-hybridized carbons (Fsp3) is 0.917. The van der Waals surface area contributed by atoms with Gasteiger partial charge in [0.15, 0.2) is 0 Å². The summed E-state index contributed by atoms with van der Waals surface area (Å²) in [4.78, 5) is 6.83. The van der Waals surface area contributed by atoms with Gasteiger partial charge in [-0.25, -0.2) is 5.84 Å². The van der Waals surface area contributed by atoms with Gasteiger partial charge in [0.05, 0.1) is 18.8 Å². The molecule has 0 spiro atoms. The molecule has 0 aromatic rings. The number of aliphatic imine (C=N–C) groups is 1. The number of nitrogens with zero attached hydrogens (tertiary/aromatic N) is 2. The lowest BCUT2D eigenvalue weighted by Gasteiger charge is -2.44. The Morgan fingerprint density at radius 3 is 3.06 bits per heavy atom. The van der Waals surface area contributed by atoms with Gasteiger partial charge >= 0.3 is 0 Å². The standard InChI is InChI=1S/C12H24N4O/c1-2-7-14-12(15-13)16-8-9-17-11-6-4-3-5-10(11)16/h10-11H,2-9,13H2,1H3,(H,14,15).